The van der Waals surface area contributed by atoms with E-state index in [2.05, 4.69) is 15.6 Å². The van der Waals surface area contributed by atoms with Gasteiger partial charge < -0.3 is 19.8 Å². The molecule has 0 saturated carbocycles. The lowest BCUT2D eigenvalue weighted by Crippen LogP contribution is -2.41. The van der Waals surface area contributed by atoms with Crippen LogP contribution in [0.1, 0.15) is 19.6 Å². The minimum atomic E-state index is -0.309. The van der Waals surface area contributed by atoms with Gasteiger partial charge in [0.05, 0.1) is 12.8 Å². The lowest BCUT2D eigenvalue weighted by Gasteiger charge is -2.17. The molecular formula is C17H23FIN3O2. The second-order valence-corrected chi connectivity index (χ2v) is 5.04. The second-order valence-electron chi connectivity index (χ2n) is 5.04. The van der Waals surface area contributed by atoms with Gasteiger partial charge >= 0.3 is 0 Å². The van der Waals surface area contributed by atoms with Crippen LogP contribution in [0.25, 0.3) is 0 Å². The molecule has 2 rings (SSSR count). The summed E-state index contributed by atoms with van der Waals surface area (Å²) in [6.45, 7) is 5.66. The predicted molar refractivity (Wildman–Crippen MR) is 103 cm³/mol. The van der Waals surface area contributed by atoms with Crippen molar-refractivity contribution in [2.75, 3.05) is 13.1 Å². The fourth-order valence-corrected chi connectivity index (χ4v) is 1.96. The summed E-state index contributed by atoms with van der Waals surface area (Å²) in [5.74, 6) is 1.68. The van der Waals surface area contributed by atoms with Gasteiger partial charge in [0.15, 0.2) is 5.96 Å². The minimum Gasteiger partial charge on any atom is -0.489 e. The van der Waals surface area contributed by atoms with Crippen LogP contribution in [0.2, 0.25) is 0 Å². The third kappa shape index (κ3) is 7.20. The van der Waals surface area contributed by atoms with Gasteiger partial charge in [-0.1, -0.05) is 6.07 Å². The van der Waals surface area contributed by atoms with Crippen molar-refractivity contribution in [1.82, 2.24) is 10.6 Å². The molecule has 0 aliphatic carbocycles. The summed E-state index contributed by atoms with van der Waals surface area (Å²) >= 11 is 0. The van der Waals surface area contributed by atoms with E-state index in [1.165, 1.54) is 12.1 Å². The Bertz CT molecular complexity index is 620. The average Bonchev–Trinajstić information content (AvgIpc) is 3.03. The standard InChI is InChI=1S/C17H22FN3O2.HI/c1-3-19-17(21-12-16-8-5-9-22-16)20-11-13(2)23-15-7-4-6-14(18)10-15;/h4-10,13H,3,11-12H2,1-2H3,(H2,19,20,21);1H. The number of nitrogens with one attached hydrogen (secondary N) is 2. The number of ether oxygens (including phenoxy) is 1. The maximum absolute atomic E-state index is 13.1. The monoisotopic (exact) mass is 447 g/mol. The van der Waals surface area contributed by atoms with Crippen LogP contribution in [0.4, 0.5) is 4.39 Å². The molecule has 0 aliphatic rings. The number of halogens is 2. The molecule has 0 aliphatic heterocycles. The molecule has 2 N–H and O–H groups in total. The lowest BCUT2D eigenvalue weighted by atomic mass is 10.3. The van der Waals surface area contributed by atoms with Gasteiger partial charge in [-0.3, -0.25) is 0 Å². The van der Waals surface area contributed by atoms with E-state index in [0.717, 1.165) is 12.3 Å². The molecule has 0 fully saturated rings. The normalized spacial score (nSPS) is 12.2. The third-order valence-corrected chi connectivity index (χ3v) is 3.01. The summed E-state index contributed by atoms with van der Waals surface area (Å²) in [6, 6.07) is 9.82. The average molecular weight is 447 g/mol. The van der Waals surface area contributed by atoms with Gasteiger partial charge in [0, 0.05) is 12.6 Å². The fraction of sp³-hybridized carbons (Fsp3) is 0.353. The Hall–Kier alpha value is -1.77. The number of hydrogen-bond acceptors (Lipinski definition) is 3. The first kappa shape index (κ1) is 20.3. The summed E-state index contributed by atoms with van der Waals surface area (Å²) in [5.41, 5.74) is 0. The molecule has 5 nitrogen and oxygen atoms in total. The predicted octanol–water partition coefficient (Wildman–Crippen LogP) is 3.56. The van der Waals surface area contributed by atoms with Crippen LogP contribution >= 0.6 is 24.0 Å². The van der Waals surface area contributed by atoms with Crippen molar-refractivity contribution in [3.63, 3.8) is 0 Å². The summed E-state index contributed by atoms with van der Waals surface area (Å²) in [5, 5.41) is 6.35. The van der Waals surface area contributed by atoms with Crippen LogP contribution in [0.5, 0.6) is 5.75 Å². The van der Waals surface area contributed by atoms with Gasteiger partial charge in [0.25, 0.3) is 0 Å². The van der Waals surface area contributed by atoms with Crippen LogP contribution in [-0.2, 0) is 6.54 Å². The Morgan fingerprint density at radius 3 is 2.79 bits per heavy atom. The number of nitrogens with zero attached hydrogens (tertiary/aromatic N) is 1. The Kier molecular flexibility index (Phi) is 9.21. The first-order valence-corrected chi connectivity index (χ1v) is 7.64. The van der Waals surface area contributed by atoms with Crippen LogP contribution in [0.3, 0.4) is 0 Å². The second kappa shape index (κ2) is 10.9. The molecule has 0 spiro atoms. The zero-order chi connectivity index (χ0) is 16.5. The van der Waals surface area contributed by atoms with Gasteiger partial charge in [-0.2, -0.15) is 0 Å². The maximum atomic E-state index is 13.1. The van der Waals surface area contributed by atoms with Crippen LogP contribution in [0.15, 0.2) is 52.1 Å². The van der Waals surface area contributed by atoms with Crippen LogP contribution < -0.4 is 15.4 Å². The summed E-state index contributed by atoms with van der Waals surface area (Å²) < 4.78 is 24.1. The molecule has 1 aromatic carbocycles. The first-order valence-electron chi connectivity index (χ1n) is 7.64. The number of guanidine groups is 1. The van der Waals surface area contributed by atoms with Crippen molar-refractivity contribution < 1.29 is 13.5 Å². The number of benzene rings is 1. The molecule has 1 atom stereocenters. The molecule has 2 aromatic rings. The molecule has 0 bridgehead atoms. The van der Waals surface area contributed by atoms with Gasteiger partial charge in [-0.05, 0) is 38.1 Å². The molecule has 7 heteroatoms. The van der Waals surface area contributed by atoms with Crippen LogP contribution in [-0.4, -0.2) is 25.2 Å². The zero-order valence-corrected chi connectivity index (χ0v) is 16.1. The summed E-state index contributed by atoms with van der Waals surface area (Å²) in [4.78, 5) is 4.43. The first-order chi connectivity index (χ1) is 11.2. The van der Waals surface area contributed by atoms with Crippen molar-refractivity contribution in [1.29, 1.82) is 0 Å². The smallest absolute Gasteiger partial charge is 0.191 e. The SMILES string of the molecule is CCNC(=NCc1ccco1)NCC(C)Oc1cccc(F)c1.I. The zero-order valence-electron chi connectivity index (χ0n) is 13.8. The highest BCUT2D eigenvalue weighted by Gasteiger charge is 2.06. The van der Waals surface area contributed by atoms with Gasteiger partial charge in [0.2, 0.25) is 0 Å². The van der Waals surface area contributed by atoms with Crippen molar-refractivity contribution in [2.24, 2.45) is 4.99 Å². The van der Waals surface area contributed by atoms with Crippen LogP contribution in [0, 0.1) is 5.82 Å². The molecule has 1 aromatic heterocycles. The van der Waals surface area contributed by atoms with E-state index in [1.54, 1.807) is 18.4 Å². The van der Waals surface area contributed by atoms with E-state index in [4.69, 9.17) is 9.15 Å². The topological polar surface area (TPSA) is 58.8 Å². The van der Waals surface area contributed by atoms with Gasteiger partial charge in [0.1, 0.15) is 30.0 Å². The Balaban J connectivity index is 0.00000288. The highest BCUT2D eigenvalue weighted by atomic mass is 127. The van der Waals surface area contributed by atoms with E-state index < -0.39 is 0 Å². The van der Waals surface area contributed by atoms with Crippen molar-refractivity contribution in [3.8, 4) is 5.75 Å². The summed E-state index contributed by atoms with van der Waals surface area (Å²) in [7, 11) is 0. The molecule has 1 unspecified atom stereocenters. The number of aliphatic imine (C=N–C) groups is 1. The van der Waals surface area contributed by atoms with E-state index in [0.29, 0.717) is 24.8 Å². The third-order valence-electron chi connectivity index (χ3n) is 3.01. The fourth-order valence-electron chi connectivity index (χ4n) is 1.96. The minimum absolute atomic E-state index is 0. The highest BCUT2D eigenvalue weighted by Crippen LogP contribution is 2.13. The quantitative estimate of drug-likeness (QED) is 0.387. The molecule has 0 amide bonds. The molecular weight excluding hydrogens is 424 g/mol. The van der Waals surface area contributed by atoms with Gasteiger partial charge in [-0.15, -0.1) is 24.0 Å². The molecule has 132 valence electrons. The van der Waals surface area contributed by atoms with E-state index in [1.807, 2.05) is 26.0 Å². The number of furan rings is 1. The Labute approximate surface area is 158 Å². The van der Waals surface area contributed by atoms with E-state index in [9.17, 15) is 4.39 Å². The van der Waals surface area contributed by atoms with E-state index in [-0.39, 0.29) is 35.9 Å². The van der Waals surface area contributed by atoms with Crippen molar-refractivity contribution in [2.45, 2.75) is 26.5 Å². The number of hydrogen-bond donors (Lipinski definition) is 2. The Morgan fingerprint density at radius 1 is 1.29 bits per heavy atom. The molecule has 0 radical (unpaired) electrons. The van der Waals surface area contributed by atoms with Crippen molar-refractivity contribution in [3.05, 3.63) is 54.2 Å². The highest BCUT2D eigenvalue weighted by molar-refractivity contribution is 14.0. The molecule has 24 heavy (non-hydrogen) atoms. The lowest BCUT2D eigenvalue weighted by molar-refractivity contribution is 0.223. The molecule has 1 heterocycles. The molecule has 0 saturated heterocycles. The Morgan fingerprint density at radius 2 is 2.12 bits per heavy atom. The largest absolute Gasteiger partial charge is 0.489 e. The van der Waals surface area contributed by atoms with Gasteiger partial charge in [-0.25, -0.2) is 9.38 Å². The van der Waals surface area contributed by atoms with Crippen molar-refractivity contribution >= 4 is 29.9 Å². The van der Waals surface area contributed by atoms with E-state index >= 15 is 0 Å². The summed E-state index contributed by atoms with van der Waals surface area (Å²) in [6.07, 6.45) is 1.49. The maximum Gasteiger partial charge on any atom is 0.191 e. The number of rotatable bonds is 7.